The van der Waals surface area contributed by atoms with E-state index >= 15 is 0 Å². The highest BCUT2D eigenvalue weighted by Gasteiger charge is 2.68. The lowest BCUT2D eigenvalue weighted by molar-refractivity contribution is -0.135. The number of carbonyl (C=O) groups excluding carboxylic acids is 1. The fourth-order valence-electron chi connectivity index (χ4n) is 4.00. The average Bonchev–Trinajstić information content (AvgIpc) is 3.22. The van der Waals surface area contributed by atoms with E-state index in [4.69, 9.17) is 4.74 Å². The van der Waals surface area contributed by atoms with Gasteiger partial charge in [-0.3, -0.25) is 4.79 Å². The van der Waals surface area contributed by atoms with E-state index in [1.54, 1.807) is 0 Å². The minimum atomic E-state index is -0.197. The smallest absolute Gasteiger partial charge is 0.229 e. The fraction of sp³-hybridized carbons (Fsp3) is 0.381. The van der Waals surface area contributed by atoms with Crippen LogP contribution >= 0.6 is 0 Å². The summed E-state index contributed by atoms with van der Waals surface area (Å²) in [7, 11) is 0. The number of benzene rings is 2. The minimum Gasteiger partial charge on any atom is -0.376 e. The molecule has 124 valence electrons. The second kappa shape index (κ2) is 6.06. The van der Waals surface area contributed by atoms with E-state index in [-0.39, 0.29) is 23.3 Å². The van der Waals surface area contributed by atoms with Gasteiger partial charge in [0.2, 0.25) is 5.91 Å². The summed E-state index contributed by atoms with van der Waals surface area (Å²) in [5, 5.41) is 0. The van der Waals surface area contributed by atoms with Gasteiger partial charge in [-0.05, 0) is 17.5 Å². The van der Waals surface area contributed by atoms with Gasteiger partial charge in [-0.15, -0.1) is 0 Å². The van der Waals surface area contributed by atoms with Gasteiger partial charge in [0.05, 0.1) is 12.0 Å². The molecule has 3 nitrogen and oxygen atoms in total. The molecule has 1 amide bonds. The third-order valence-corrected chi connectivity index (χ3v) is 5.49. The van der Waals surface area contributed by atoms with E-state index in [0.29, 0.717) is 6.54 Å². The van der Waals surface area contributed by atoms with Gasteiger partial charge in [-0.1, -0.05) is 67.6 Å². The molecule has 4 rings (SSSR count). The Labute approximate surface area is 143 Å². The molecule has 3 heteroatoms. The highest BCUT2D eigenvalue weighted by Crippen LogP contribution is 2.57. The third kappa shape index (κ3) is 2.53. The standard InChI is InChI=1S/C21H23NO2/c1-21(17-11-6-3-7-12-17)18-19(21)24-14-8-13-22(20(18)23)15-16-9-4-2-5-10-16/h2-7,9-12,18-19H,8,13-15H2,1H3/t18-,19-,21-/m1/s1. The van der Waals surface area contributed by atoms with E-state index in [2.05, 4.69) is 31.2 Å². The van der Waals surface area contributed by atoms with Crippen LogP contribution in [0.2, 0.25) is 0 Å². The molecule has 24 heavy (non-hydrogen) atoms. The lowest BCUT2D eigenvalue weighted by Crippen LogP contribution is -2.36. The first-order valence-corrected chi connectivity index (χ1v) is 8.71. The molecule has 2 aliphatic rings. The zero-order valence-corrected chi connectivity index (χ0v) is 14.0. The molecule has 2 aromatic carbocycles. The fourth-order valence-corrected chi connectivity index (χ4v) is 4.00. The van der Waals surface area contributed by atoms with Crippen LogP contribution in [0.25, 0.3) is 0 Å². The Kier molecular flexibility index (Phi) is 3.89. The number of ether oxygens (including phenoxy) is 1. The zero-order chi connectivity index (χ0) is 16.6. The number of nitrogens with zero attached hydrogens (tertiary/aromatic N) is 1. The van der Waals surface area contributed by atoms with Crippen molar-refractivity contribution >= 4 is 5.91 Å². The first-order valence-electron chi connectivity index (χ1n) is 8.71. The summed E-state index contributed by atoms with van der Waals surface area (Å²) in [6.07, 6.45) is 0.901. The largest absolute Gasteiger partial charge is 0.376 e. The summed E-state index contributed by atoms with van der Waals surface area (Å²) in [6.45, 7) is 4.35. The van der Waals surface area contributed by atoms with Crippen LogP contribution in [0, 0.1) is 5.92 Å². The van der Waals surface area contributed by atoms with Crippen LogP contribution in [0.5, 0.6) is 0 Å². The third-order valence-electron chi connectivity index (χ3n) is 5.49. The number of amides is 1. The molecular formula is C21H23NO2. The van der Waals surface area contributed by atoms with Crippen molar-refractivity contribution in [3.05, 3.63) is 71.8 Å². The molecule has 2 aromatic rings. The van der Waals surface area contributed by atoms with Gasteiger partial charge in [0.25, 0.3) is 0 Å². The summed E-state index contributed by atoms with van der Waals surface area (Å²) in [5.41, 5.74) is 2.19. The molecule has 0 N–H and O–H groups in total. The van der Waals surface area contributed by atoms with Crippen molar-refractivity contribution in [2.45, 2.75) is 31.4 Å². The Morgan fingerprint density at radius 2 is 1.75 bits per heavy atom. The maximum absolute atomic E-state index is 13.2. The van der Waals surface area contributed by atoms with Crippen LogP contribution in [0.3, 0.4) is 0 Å². The molecule has 2 fully saturated rings. The lowest BCUT2D eigenvalue weighted by atomic mass is 9.95. The van der Waals surface area contributed by atoms with Crippen molar-refractivity contribution in [3.63, 3.8) is 0 Å². The molecule has 3 atom stereocenters. The van der Waals surface area contributed by atoms with Gasteiger partial charge in [0, 0.05) is 25.1 Å². The second-order valence-corrected chi connectivity index (χ2v) is 7.02. The zero-order valence-electron chi connectivity index (χ0n) is 14.0. The summed E-state index contributed by atoms with van der Waals surface area (Å²) in [6, 6.07) is 20.6. The maximum atomic E-state index is 13.2. The second-order valence-electron chi connectivity index (χ2n) is 7.02. The highest BCUT2D eigenvalue weighted by atomic mass is 16.5. The van der Waals surface area contributed by atoms with Crippen molar-refractivity contribution < 1.29 is 9.53 Å². The molecule has 1 saturated heterocycles. The molecular weight excluding hydrogens is 298 g/mol. The van der Waals surface area contributed by atoms with E-state index in [0.717, 1.165) is 19.6 Å². The maximum Gasteiger partial charge on any atom is 0.229 e. The molecule has 1 heterocycles. The average molecular weight is 321 g/mol. The van der Waals surface area contributed by atoms with Gasteiger partial charge in [0.1, 0.15) is 0 Å². The van der Waals surface area contributed by atoms with Crippen LogP contribution < -0.4 is 0 Å². The number of rotatable bonds is 3. The van der Waals surface area contributed by atoms with Crippen molar-refractivity contribution in [3.8, 4) is 0 Å². The van der Waals surface area contributed by atoms with E-state index < -0.39 is 0 Å². The Morgan fingerprint density at radius 1 is 1.08 bits per heavy atom. The van der Waals surface area contributed by atoms with Crippen LogP contribution in [-0.2, 0) is 21.5 Å². The van der Waals surface area contributed by atoms with Crippen LogP contribution in [0.4, 0.5) is 0 Å². The van der Waals surface area contributed by atoms with Gasteiger partial charge < -0.3 is 9.64 Å². The topological polar surface area (TPSA) is 29.5 Å². The highest BCUT2D eigenvalue weighted by molar-refractivity contribution is 5.86. The van der Waals surface area contributed by atoms with Crippen molar-refractivity contribution in [1.82, 2.24) is 4.90 Å². The predicted molar refractivity (Wildman–Crippen MR) is 93.5 cm³/mol. The van der Waals surface area contributed by atoms with Gasteiger partial charge in [-0.2, -0.15) is 0 Å². The van der Waals surface area contributed by atoms with E-state index in [1.807, 2.05) is 41.3 Å². The Bertz CT molecular complexity index is 715. The van der Waals surface area contributed by atoms with Crippen LogP contribution in [-0.4, -0.2) is 30.1 Å². The molecule has 1 aliphatic heterocycles. The first-order chi connectivity index (χ1) is 11.7. The van der Waals surface area contributed by atoms with E-state index in [1.165, 1.54) is 11.1 Å². The number of hydrogen-bond acceptors (Lipinski definition) is 2. The molecule has 0 unspecified atom stereocenters. The Balaban J connectivity index is 1.59. The van der Waals surface area contributed by atoms with Gasteiger partial charge in [0.15, 0.2) is 0 Å². The molecule has 0 bridgehead atoms. The Hall–Kier alpha value is -2.13. The van der Waals surface area contributed by atoms with Gasteiger partial charge >= 0.3 is 0 Å². The van der Waals surface area contributed by atoms with Crippen molar-refractivity contribution in [2.75, 3.05) is 13.2 Å². The normalized spacial score (nSPS) is 29.5. The summed E-state index contributed by atoms with van der Waals surface area (Å²) in [4.78, 5) is 15.2. The summed E-state index contributed by atoms with van der Waals surface area (Å²) in [5.74, 6) is 0.166. The first kappa shape index (κ1) is 15.4. The number of hydrogen-bond donors (Lipinski definition) is 0. The summed E-state index contributed by atoms with van der Waals surface area (Å²) < 4.78 is 6.05. The van der Waals surface area contributed by atoms with Crippen molar-refractivity contribution in [1.29, 1.82) is 0 Å². The Morgan fingerprint density at radius 3 is 2.46 bits per heavy atom. The molecule has 0 aromatic heterocycles. The molecule has 0 spiro atoms. The van der Waals surface area contributed by atoms with Gasteiger partial charge in [-0.25, -0.2) is 0 Å². The predicted octanol–water partition coefficient (Wildman–Crippen LogP) is 3.39. The minimum absolute atomic E-state index is 0.00553. The van der Waals surface area contributed by atoms with Crippen LogP contribution in [0.15, 0.2) is 60.7 Å². The van der Waals surface area contributed by atoms with Crippen LogP contribution in [0.1, 0.15) is 24.5 Å². The monoisotopic (exact) mass is 321 g/mol. The number of fused-ring (bicyclic) bond motifs is 1. The quantitative estimate of drug-likeness (QED) is 0.867. The summed E-state index contributed by atoms with van der Waals surface area (Å²) >= 11 is 0. The molecule has 1 saturated carbocycles. The molecule has 1 aliphatic carbocycles. The SMILES string of the molecule is C[C@]1(c2ccccc2)[C@@H]2OCCCN(Cc3ccccc3)C(=O)[C@@H]21. The van der Waals surface area contributed by atoms with Crippen molar-refractivity contribution in [2.24, 2.45) is 5.92 Å². The molecule has 0 radical (unpaired) electrons. The number of carbonyl (C=O) groups is 1. The lowest BCUT2D eigenvalue weighted by Gasteiger charge is -2.25. The van der Waals surface area contributed by atoms with E-state index in [9.17, 15) is 4.79 Å².